The smallest absolute Gasteiger partial charge is 0.335 e. The number of amides is 1. The summed E-state index contributed by atoms with van der Waals surface area (Å²) in [4.78, 5) is 22.5. The highest BCUT2D eigenvalue weighted by molar-refractivity contribution is 5.92. The van der Waals surface area contributed by atoms with E-state index in [2.05, 4.69) is 5.32 Å². The van der Waals surface area contributed by atoms with Crippen molar-refractivity contribution in [2.75, 3.05) is 11.9 Å². The van der Waals surface area contributed by atoms with Crippen molar-refractivity contribution < 1.29 is 23.8 Å². The molecular weight excluding hydrogens is 265 g/mol. The minimum Gasteiger partial charge on any atom is -0.478 e. The monoisotopic (exact) mass is 281 g/mol. The van der Waals surface area contributed by atoms with E-state index >= 15 is 0 Å². The van der Waals surface area contributed by atoms with Crippen molar-refractivity contribution in [2.45, 2.75) is 31.8 Å². The van der Waals surface area contributed by atoms with E-state index in [0.717, 1.165) is 25.3 Å². The van der Waals surface area contributed by atoms with Crippen molar-refractivity contribution in [1.82, 2.24) is 0 Å². The Kier molecular flexibility index (Phi) is 4.68. The van der Waals surface area contributed by atoms with Crippen molar-refractivity contribution in [2.24, 2.45) is 0 Å². The van der Waals surface area contributed by atoms with Crippen molar-refractivity contribution >= 4 is 17.6 Å². The number of hydrogen-bond acceptors (Lipinski definition) is 3. The van der Waals surface area contributed by atoms with Crippen LogP contribution in [-0.4, -0.2) is 29.7 Å². The van der Waals surface area contributed by atoms with E-state index < -0.39 is 11.8 Å². The summed E-state index contributed by atoms with van der Waals surface area (Å²) in [7, 11) is 0. The van der Waals surface area contributed by atoms with Gasteiger partial charge in [0.1, 0.15) is 5.82 Å². The molecule has 1 atom stereocenters. The first-order valence-electron chi connectivity index (χ1n) is 6.50. The van der Waals surface area contributed by atoms with Crippen LogP contribution in [0.15, 0.2) is 18.2 Å². The van der Waals surface area contributed by atoms with Gasteiger partial charge in [-0.15, -0.1) is 0 Å². The van der Waals surface area contributed by atoms with E-state index in [1.165, 1.54) is 12.1 Å². The predicted octanol–water partition coefficient (Wildman–Crippen LogP) is 2.42. The topological polar surface area (TPSA) is 75.6 Å². The molecule has 0 bridgehead atoms. The summed E-state index contributed by atoms with van der Waals surface area (Å²) in [5.41, 5.74) is -0.174. The highest BCUT2D eigenvalue weighted by Gasteiger charge is 2.18. The molecule has 1 aromatic rings. The van der Waals surface area contributed by atoms with E-state index in [0.29, 0.717) is 6.61 Å². The van der Waals surface area contributed by atoms with Gasteiger partial charge in [0.25, 0.3) is 0 Å². The second kappa shape index (κ2) is 6.47. The fraction of sp³-hybridized carbons (Fsp3) is 0.429. The average molecular weight is 281 g/mol. The Morgan fingerprint density at radius 3 is 2.80 bits per heavy atom. The molecule has 1 fully saturated rings. The number of carboxylic acid groups (broad SMARTS) is 1. The first-order valence-corrected chi connectivity index (χ1v) is 6.50. The molecule has 0 spiro atoms. The number of halogens is 1. The SMILES string of the molecule is O=C(C[C@@H]1CCCCO1)Nc1ccc(C(=O)O)cc1F. The molecule has 0 radical (unpaired) electrons. The zero-order valence-electron chi connectivity index (χ0n) is 10.9. The molecule has 1 aliphatic rings. The molecule has 1 heterocycles. The fourth-order valence-corrected chi connectivity index (χ4v) is 2.13. The minimum atomic E-state index is -1.21. The van der Waals surface area contributed by atoms with Crippen LogP contribution >= 0.6 is 0 Å². The normalized spacial score (nSPS) is 18.6. The summed E-state index contributed by atoms with van der Waals surface area (Å²) in [6.07, 6.45) is 2.92. The lowest BCUT2D eigenvalue weighted by Crippen LogP contribution is -2.25. The first-order chi connectivity index (χ1) is 9.56. The second-order valence-electron chi connectivity index (χ2n) is 4.74. The predicted molar refractivity (Wildman–Crippen MR) is 70.2 cm³/mol. The quantitative estimate of drug-likeness (QED) is 0.888. The molecule has 1 aromatic carbocycles. The number of rotatable bonds is 4. The van der Waals surface area contributed by atoms with Gasteiger partial charge in [0, 0.05) is 6.61 Å². The summed E-state index contributed by atoms with van der Waals surface area (Å²) in [5, 5.41) is 11.2. The Hall–Kier alpha value is -1.95. The molecule has 5 nitrogen and oxygen atoms in total. The van der Waals surface area contributed by atoms with Gasteiger partial charge in [-0.25, -0.2) is 9.18 Å². The van der Waals surface area contributed by atoms with Gasteiger partial charge in [0.15, 0.2) is 0 Å². The minimum absolute atomic E-state index is 0.0178. The number of anilines is 1. The number of carboxylic acids is 1. The summed E-state index contributed by atoms with van der Waals surface area (Å²) in [6, 6.07) is 3.38. The third-order valence-corrected chi connectivity index (χ3v) is 3.18. The van der Waals surface area contributed by atoms with Crippen LogP contribution in [0.1, 0.15) is 36.0 Å². The number of carbonyl (C=O) groups is 2. The number of nitrogens with one attached hydrogen (secondary N) is 1. The van der Waals surface area contributed by atoms with Gasteiger partial charge in [-0.2, -0.15) is 0 Å². The summed E-state index contributed by atoms with van der Waals surface area (Å²) < 4.78 is 19.1. The first kappa shape index (κ1) is 14.5. The van der Waals surface area contributed by atoms with Gasteiger partial charge in [-0.3, -0.25) is 4.79 Å². The molecular formula is C14H16FNO4. The van der Waals surface area contributed by atoms with Crippen molar-refractivity contribution in [3.8, 4) is 0 Å². The molecule has 1 amide bonds. The lowest BCUT2D eigenvalue weighted by atomic mass is 10.1. The average Bonchev–Trinajstić information content (AvgIpc) is 2.42. The molecule has 0 saturated carbocycles. The van der Waals surface area contributed by atoms with Gasteiger partial charge in [-0.1, -0.05) is 0 Å². The largest absolute Gasteiger partial charge is 0.478 e. The molecule has 2 rings (SSSR count). The van der Waals surface area contributed by atoms with Gasteiger partial charge in [0.2, 0.25) is 5.91 Å². The maximum absolute atomic E-state index is 13.6. The number of hydrogen-bond donors (Lipinski definition) is 2. The summed E-state index contributed by atoms with van der Waals surface area (Å²) in [6.45, 7) is 0.652. The molecule has 1 saturated heterocycles. The van der Waals surface area contributed by atoms with Crippen LogP contribution in [-0.2, 0) is 9.53 Å². The summed E-state index contributed by atoms with van der Waals surface area (Å²) in [5.74, 6) is -2.31. The third-order valence-electron chi connectivity index (χ3n) is 3.18. The third kappa shape index (κ3) is 3.77. The molecule has 1 aliphatic heterocycles. The number of carbonyl (C=O) groups excluding carboxylic acids is 1. The molecule has 0 aromatic heterocycles. The molecule has 0 aliphatic carbocycles. The zero-order chi connectivity index (χ0) is 14.5. The lowest BCUT2D eigenvalue weighted by molar-refractivity contribution is -0.119. The van der Waals surface area contributed by atoms with Crippen LogP contribution in [0.3, 0.4) is 0 Å². The molecule has 0 unspecified atom stereocenters. The van der Waals surface area contributed by atoms with Crippen LogP contribution in [0.5, 0.6) is 0 Å². The van der Waals surface area contributed by atoms with Crippen molar-refractivity contribution in [3.63, 3.8) is 0 Å². The Labute approximate surface area is 115 Å². The Morgan fingerprint density at radius 1 is 1.40 bits per heavy atom. The van der Waals surface area contributed by atoms with Crippen molar-refractivity contribution in [1.29, 1.82) is 0 Å². The van der Waals surface area contributed by atoms with E-state index in [9.17, 15) is 14.0 Å². The molecule has 6 heteroatoms. The Balaban J connectivity index is 1.95. The molecule has 20 heavy (non-hydrogen) atoms. The van der Waals surface area contributed by atoms with Gasteiger partial charge >= 0.3 is 5.97 Å². The fourth-order valence-electron chi connectivity index (χ4n) is 2.13. The van der Waals surface area contributed by atoms with Crippen LogP contribution in [0, 0.1) is 5.82 Å². The van der Waals surface area contributed by atoms with Gasteiger partial charge in [0.05, 0.1) is 23.8 Å². The van der Waals surface area contributed by atoms with E-state index in [1.54, 1.807) is 0 Å². The van der Waals surface area contributed by atoms with E-state index in [-0.39, 0.29) is 29.7 Å². The zero-order valence-corrected chi connectivity index (χ0v) is 10.9. The van der Waals surface area contributed by atoms with Crippen LogP contribution < -0.4 is 5.32 Å². The number of aromatic carboxylic acids is 1. The number of ether oxygens (including phenoxy) is 1. The van der Waals surface area contributed by atoms with E-state index in [1.807, 2.05) is 0 Å². The summed E-state index contributed by atoms with van der Waals surface area (Å²) >= 11 is 0. The highest BCUT2D eigenvalue weighted by Crippen LogP contribution is 2.19. The van der Waals surface area contributed by atoms with Crippen molar-refractivity contribution in [3.05, 3.63) is 29.6 Å². The van der Waals surface area contributed by atoms with E-state index in [4.69, 9.17) is 9.84 Å². The maximum Gasteiger partial charge on any atom is 0.335 e. The lowest BCUT2D eigenvalue weighted by Gasteiger charge is -2.22. The Bertz CT molecular complexity index is 512. The number of benzene rings is 1. The standard InChI is InChI=1S/C14H16FNO4/c15-11-7-9(14(18)19)4-5-12(11)16-13(17)8-10-3-1-2-6-20-10/h4-5,7,10H,1-3,6,8H2,(H,16,17)(H,18,19)/t10-/m0/s1. The second-order valence-corrected chi connectivity index (χ2v) is 4.74. The van der Waals surface area contributed by atoms with Crippen LogP contribution in [0.4, 0.5) is 10.1 Å². The van der Waals surface area contributed by atoms with Crippen LogP contribution in [0.25, 0.3) is 0 Å². The highest BCUT2D eigenvalue weighted by atomic mass is 19.1. The van der Waals surface area contributed by atoms with Crippen LogP contribution in [0.2, 0.25) is 0 Å². The molecule has 108 valence electrons. The molecule has 2 N–H and O–H groups in total. The van der Waals surface area contributed by atoms with Gasteiger partial charge < -0.3 is 15.2 Å². The van der Waals surface area contributed by atoms with Gasteiger partial charge in [-0.05, 0) is 37.5 Å². The maximum atomic E-state index is 13.6. The Morgan fingerprint density at radius 2 is 2.20 bits per heavy atom.